The SMILES string of the molecule is COc1ccc(C(=O)c2ccc(C)c(F)c2F)cc1C. The third-order valence-corrected chi connectivity index (χ3v) is 3.18. The fourth-order valence-corrected chi connectivity index (χ4v) is 2.00. The number of ether oxygens (including phenoxy) is 1. The van der Waals surface area contributed by atoms with E-state index in [0.29, 0.717) is 11.3 Å². The number of carbonyl (C=O) groups excluding carboxylic acids is 1. The maximum absolute atomic E-state index is 13.8. The molecule has 0 aliphatic heterocycles. The predicted octanol–water partition coefficient (Wildman–Crippen LogP) is 3.82. The summed E-state index contributed by atoms with van der Waals surface area (Å²) >= 11 is 0. The van der Waals surface area contributed by atoms with Crippen LogP contribution < -0.4 is 4.74 Å². The first kappa shape index (κ1) is 14.2. The third-order valence-electron chi connectivity index (χ3n) is 3.18. The van der Waals surface area contributed by atoms with Gasteiger partial charge in [0.25, 0.3) is 0 Å². The molecule has 0 saturated heterocycles. The van der Waals surface area contributed by atoms with Crippen LogP contribution in [0, 0.1) is 25.5 Å². The van der Waals surface area contributed by atoms with Crippen LogP contribution in [0.5, 0.6) is 5.75 Å². The van der Waals surface area contributed by atoms with Gasteiger partial charge in [0.05, 0.1) is 12.7 Å². The van der Waals surface area contributed by atoms with E-state index in [2.05, 4.69) is 0 Å². The molecule has 20 heavy (non-hydrogen) atoms. The van der Waals surface area contributed by atoms with Crippen molar-refractivity contribution in [3.63, 3.8) is 0 Å². The Balaban J connectivity index is 2.47. The van der Waals surface area contributed by atoms with Gasteiger partial charge in [-0.2, -0.15) is 0 Å². The van der Waals surface area contributed by atoms with E-state index in [9.17, 15) is 13.6 Å². The van der Waals surface area contributed by atoms with Crippen molar-refractivity contribution >= 4 is 5.78 Å². The molecule has 4 heteroatoms. The molecule has 0 heterocycles. The molecule has 0 spiro atoms. The van der Waals surface area contributed by atoms with Crippen LogP contribution in [0.15, 0.2) is 30.3 Å². The summed E-state index contributed by atoms with van der Waals surface area (Å²) < 4.78 is 32.4. The lowest BCUT2D eigenvalue weighted by Crippen LogP contribution is -2.07. The van der Waals surface area contributed by atoms with Crippen LogP contribution in [-0.2, 0) is 0 Å². The summed E-state index contributed by atoms with van der Waals surface area (Å²) in [5, 5.41) is 0. The lowest BCUT2D eigenvalue weighted by atomic mass is 9.99. The van der Waals surface area contributed by atoms with E-state index < -0.39 is 17.4 Å². The van der Waals surface area contributed by atoms with E-state index in [0.717, 1.165) is 5.56 Å². The third kappa shape index (κ3) is 2.41. The molecule has 104 valence electrons. The molecule has 0 unspecified atom stereocenters. The molecule has 2 aromatic carbocycles. The number of ketones is 1. The minimum absolute atomic E-state index is 0.171. The normalized spacial score (nSPS) is 10.4. The number of carbonyl (C=O) groups is 1. The Kier molecular flexibility index (Phi) is 3.84. The molecule has 0 saturated carbocycles. The highest BCUT2D eigenvalue weighted by Crippen LogP contribution is 2.23. The number of methoxy groups -OCH3 is 1. The summed E-state index contributed by atoms with van der Waals surface area (Å²) in [4.78, 5) is 12.2. The topological polar surface area (TPSA) is 26.3 Å². The smallest absolute Gasteiger partial charge is 0.196 e. The van der Waals surface area contributed by atoms with Gasteiger partial charge in [0.1, 0.15) is 5.75 Å². The highest BCUT2D eigenvalue weighted by atomic mass is 19.2. The van der Waals surface area contributed by atoms with Crippen LogP contribution in [0.1, 0.15) is 27.0 Å². The number of benzene rings is 2. The molecule has 0 bridgehead atoms. The molecule has 0 fully saturated rings. The molecular weight excluding hydrogens is 262 g/mol. The monoisotopic (exact) mass is 276 g/mol. The Bertz CT molecular complexity index is 678. The number of rotatable bonds is 3. The van der Waals surface area contributed by atoms with E-state index >= 15 is 0 Å². The average molecular weight is 276 g/mol. The van der Waals surface area contributed by atoms with E-state index in [1.807, 2.05) is 0 Å². The lowest BCUT2D eigenvalue weighted by Gasteiger charge is -2.08. The van der Waals surface area contributed by atoms with Crippen LogP contribution in [0.3, 0.4) is 0 Å². The van der Waals surface area contributed by atoms with Gasteiger partial charge in [0.2, 0.25) is 0 Å². The fraction of sp³-hybridized carbons (Fsp3) is 0.188. The highest BCUT2D eigenvalue weighted by molar-refractivity contribution is 6.09. The summed E-state index contributed by atoms with van der Waals surface area (Å²) in [6.07, 6.45) is 0. The molecule has 0 aliphatic rings. The quantitative estimate of drug-likeness (QED) is 0.797. The minimum atomic E-state index is -1.11. The second-order valence-electron chi connectivity index (χ2n) is 4.57. The summed E-state index contributed by atoms with van der Waals surface area (Å²) in [7, 11) is 1.53. The van der Waals surface area contributed by atoms with E-state index in [1.165, 1.54) is 32.2 Å². The fourth-order valence-electron chi connectivity index (χ4n) is 2.00. The van der Waals surface area contributed by atoms with Gasteiger partial charge in [0, 0.05) is 5.56 Å². The van der Waals surface area contributed by atoms with Crippen molar-refractivity contribution in [2.24, 2.45) is 0 Å². The van der Waals surface area contributed by atoms with Gasteiger partial charge in [-0.25, -0.2) is 8.78 Å². The van der Waals surface area contributed by atoms with Crippen molar-refractivity contribution < 1.29 is 18.3 Å². The highest BCUT2D eigenvalue weighted by Gasteiger charge is 2.19. The summed E-state index contributed by atoms with van der Waals surface area (Å²) in [5.74, 6) is -2.01. The van der Waals surface area contributed by atoms with Crippen molar-refractivity contribution in [2.45, 2.75) is 13.8 Å². The molecule has 2 aromatic rings. The van der Waals surface area contributed by atoms with Crippen LogP contribution in [0.2, 0.25) is 0 Å². The summed E-state index contributed by atoms with van der Waals surface area (Å²) in [6, 6.07) is 7.45. The first-order chi connectivity index (χ1) is 9.45. The molecule has 0 radical (unpaired) electrons. The number of aryl methyl sites for hydroxylation is 2. The molecule has 0 amide bonds. The summed E-state index contributed by atoms with van der Waals surface area (Å²) in [6.45, 7) is 3.23. The molecular formula is C16H14F2O2. The van der Waals surface area contributed by atoms with Crippen molar-refractivity contribution in [1.29, 1.82) is 0 Å². The van der Waals surface area contributed by atoms with Gasteiger partial charge in [-0.1, -0.05) is 6.07 Å². The zero-order valence-electron chi connectivity index (χ0n) is 11.5. The van der Waals surface area contributed by atoms with Gasteiger partial charge in [-0.05, 0) is 49.2 Å². The van der Waals surface area contributed by atoms with E-state index in [4.69, 9.17) is 4.74 Å². The molecule has 0 aliphatic carbocycles. The standard InChI is InChI=1S/C16H14F2O2/c1-9-4-6-12(15(18)14(9)17)16(19)11-5-7-13(20-3)10(2)8-11/h4-8H,1-3H3. The number of halogens is 2. The van der Waals surface area contributed by atoms with Crippen LogP contribution in [0.25, 0.3) is 0 Å². The zero-order chi connectivity index (χ0) is 14.9. The molecule has 0 N–H and O–H groups in total. The van der Waals surface area contributed by atoms with Gasteiger partial charge < -0.3 is 4.74 Å². The Morgan fingerprint density at radius 3 is 2.30 bits per heavy atom. The van der Waals surface area contributed by atoms with Crippen LogP contribution in [0.4, 0.5) is 8.78 Å². The largest absolute Gasteiger partial charge is 0.496 e. The maximum Gasteiger partial charge on any atom is 0.196 e. The van der Waals surface area contributed by atoms with Crippen molar-refractivity contribution in [1.82, 2.24) is 0 Å². The second kappa shape index (κ2) is 5.41. The molecule has 0 aromatic heterocycles. The minimum Gasteiger partial charge on any atom is -0.496 e. The van der Waals surface area contributed by atoms with Gasteiger partial charge in [0.15, 0.2) is 17.4 Å². The average Bonchev–Trinajstić information content (AvgIpc) is 2.44. The molecule has 0 atom stereocenters. The predicted molar refractivity (Wildman–Crippen MR) is 72.3 cm³/mol. The van der Waals surface area contributed by atoms with Crippen LogP contribution >= 0.6 is 0 Å². The molecule has 2 rings (SSSR count). The van der Waals surface area contributed by atoms with Crippen LogP contribution in [-0.4, -0.2) is 12.9 Å². The summed E-state index contributed by atoms with van der Waals surface area (Å²) in [5.41, 5.74) is 0.958. The maximum atomic E-state index is 13.8. The number of hydrogen-bond acceptors (Lipinski definition) is 2. The van der Waals surface area contributed by atoms with Crippen molar-refractivity contribution in [2.75, 3.05) is 7.11 Å². The second-order valence-corrected chi connectivity index (χ2v) is 4.57. The van der Waals surface area contributed by atoms with Gasteiger partial charge in [-0.3, -0.25) is 4.79 Å². The first-order valence-electron chi connectivity index (χ1n) is 6.09. The first-order valence-corrected chi connectivity index (χ1v) is 6.09. The Morgan fingerprint density at radius 2 is 1.70 bits per heavy atom. The van der Waals surface area contributed by atoms with Gasteiger partial charge in [-0.15, -0.1) is 0 Å². The Hall–Kier alpha value is -2.23. The Morgan fingerprint density at radius 1 is 1.00 bits per heavy atom. The Labute approximate surface area is 116 Å². The molecule has 2 nitrogen and oxygen atoms in total. The van der Waals surface area contributed by atoms with Gasteiger partial charge >= 0.3 is 0 Å². The number of hydrogen-bond donors (Lipinski definition) is 0. The lowest BCUT2D eigenvalue weighted by molar-refractivity contribution is 0.103. The van der Waals surface area contributed by atoms with E-state index in [1.54, 1.807) is 19.1 Å². The van der Waals surface area contributed by atoms with Crippen molar-refractivity contribution in [3.05, 3.63) is 64.2 Å². The zero-order valence-corrected chi connectivity index (χ0v) is 11.5. The van der Waals surface area contributed by atoms with Crippen molar-refractivity contribution in [3.8, 4) is 5.75 Å². The van der Waals surface area contributed by atoms with E-state index in [-0.39, 0.29) is 11.1 Å².